The molecule has 110 valence electrons. The minimum atomic E-state index is -1.30. The van der Waals surface area contributed by atoms with Gasteiger partial charge in [-0.1, -0.05) is 30.3 Å². The van der Waals surface area contributed by atoms with E-state index in [1.54, 1.807) is 12.1 Å². The third-order valence-corrected chi connectivity index (χ3v) is 3.64. The normalized spacial score (nSPS) is 22.1. The van der Waals surface area contributed by atoms with Gasteiger partial charge in [0.2, 0.25) is 5.91 Å². The molecule has 1 amide bonds. The fourth-order valence-electron chi connectivity index (χ4n) is 2.32. The predicted octanol–water partition coefficient (Wildman–Crippen LogP) is 0.912. The van der Waals surface area contributed by atoms with Gasteiger partial charge in [0.1, 0.15) is 5.54 Å². The quantitative estimate of drug-likeness (QED) is 0.809. The summed E-state index contributed by atoms with van der Waals surface area (Å²) in [6.45, 7) is 1.28. The highest BCUT2D eigenvalue weighted by molar-refractivity contribution is 5.86. The Bertz CT molecular complexity index is 432. The average Bonchev–Trinajstić information content (AvgIpc) is 2.49. The van der Waals surface area contributed by atoms with Crippen molar-refractivity contribution in [2.24, 2.45) is 11.5 Å². The molecule has 2 rings (SSSR count). The van der Waals surface area contributed by atoms with E-state index in [-0.39, 0.29) is 12.7 Å². The molecule has 1 aromatic carbocycles. The molecule has 2 unspecified atom stereocenters. The molecule has 1 fully saturated rings. The number of hydrogen-bond donors (Lipinski definition) is 2. The lowest BCUT2D eigenvalue weighted by molar-refractivity contribution is -0.127. The van der Waals surface area contributed by atoms with Crippen LogP contribution in [0.3, 0.4) is 0 Å². The van der Waals surface area contributed by atoms with Crippen molar-refractivity contribution >= 4 is 5.91 Å². The maximum atomic E-state index is 11.7. The molecule has 0 saturated carbocycles. The maximum absolute atomic E-state index is 11.7. The molecule has 0 aromatic heterocycles. The van der Waals surface area contributed by atoms with Gasteiger partial charge in [0, 0.05) is 6.61 Å². The summed E-state index contributed by atoms with van der Waals surface area (Å²) in [5, 5.41) is 0. The summed E-state index contributed by atoms with van der Waals surface area (Å²) >= 11 is 0. The summed E-state index contributed by atoms with van der Waals surface area (Å²) in [4.78, 5) is 11.7. The van der Waals surface area contributed by atoms with Crippen molar-refractivity contribution in [1.29, 1.82) is 0 Å². The molecule has 1 aromatic rings. The van der Waals surface area contributed by atoms with Crippen LogP contribution in [0.4, 0.5) is 0 Å². The molecule has 1 saturated heterocycles. The van der Waals surface area contributed by atoms with Crippen LogP contribution in [0, 0.1) is 0 Å². The van der Waals surface area contributed by atoms with Gasteiger partial charge in [0.15, 0.2) is 0 Å². The first-order valence-corrected chi connectivity index (χ1v) is 6.96. The first-order valence-electron chi connectivity index (χ1n) is 6.96. The lowest BCUT2D eigenvalue weighted by Gasteiger charge is -2.28. The first-order chi connectivity index (χ1) is 9.63. The monoisotopic (exact) mass is 278 g/mol. The van der Waals surface area contributed by atoms with Gasteiger partial charge in [0.05, 0.1) is 19.3 Å². The molecule has 0 aliphatic carbocycles. The highest BCUT2D eigenvalue weighted by atomic mass is 16.5. The third kappa shape index (κ3) is 3.56. The molecule has 4 N–H and O–H groups in total. The highest BCUT2D eigenvalue weighted by Gasteiger charge is 2.34. The van der Waals surface area contributed by atoms with Crippen molar-refractivity contribution in [3.63, 3.8) is 0 Å². The van der Waals surface area contributed by atoms with Gasteiger partial charge >= 0.3 is 0 Å². The molecule has 0 radical (unpaired) electrons. The van der Waals surface area contributed by atoms with Gasteiger partial charge in [-0.05, 0) is 24.8 Å². The van der Waals surface area contributed by atoms with E-state index in [0.29, 0.717) is 12.2 Å². The molecular weight excluding hydrogens is 256 g/mol. The second-order valence-electron chi connectivity index (χ2n) is 5.21. The molecule has 5 heteroatoms. The Labute approximate surface area is 119 Å². The zero-order valence-corrected chi connectivity index (χ0v) is 11.6. The predicted molar refractivity (Wildman–Crippen MR) is 75.9 cm³/mol. The molecule has 0 spiro atoms. The minimum absolute atomic E-state index is 0.0617. The summed E-state index contributed by atoms with van der Waals surface area (Å²) in [6, 6.07) is 9.08. The number of carbonyl (C=O) groups is 1. The van der Waals surface area contributed by atoms with E-state index in [4.69, 9.17) is 20.9 Å². The van der Waals surface area contributed by atoms with E-state index in [1.165, 1.54) is 0 Å². The summed E-state index contributed by atoms with van der Waals surface area (Å²) in [5.74, 6) is -0.590. The largest absolute Gasteiger partial charge is 0.376 e. The van der Waals surface area contributed by atoms with Crippen molar-refractivity contribution in [2.45, 2.75) is 30.9 Å². The number of hydrogen-bond acceptors (Lipinski definition) is 4. The van der Waals surface area contributed by atoms with Gasteiger partial charge in [-0.15, -0.1) is 0 Å². The van der Waals surface area contributed by atoms with Crippen LogP contribution in [-0.2, 0) is 19.8 Å². The first kappa shape index (κ1) is 15.0. The van der Waals surface area contributed by atoms with Crippen LogP contribution in [0.1, 0.15) is 24.8 Å². The average molecular weight is 278 g/mol. The van der Waals surface area contributed by atoms with Crippen LogP contribution in [0.25, 0.3) is 0 Å². The minimum Gasteiger partial charge on any atom is -0.376 e. The van der Waals surface area contributed by atoms with Crippen LogP contribution in [0.2, 0.25) is 0 Å². The summed E-state index contributed by atoms with van der Waals surface area (Å²) in [7, 11) is 0. The van der Waals surface area contributed by atoms with E-state index in [1.807, 2.05) is 18.2 Å². The molecule has 1 aliphatic heterocycles. The van der Waals surface area contributed by atoms with Crippen LogP contribution in [-0.4, -0.2) is 31.8 Å². The number of amides is 1. The Hall–Kier alpha value is -1.43. The molecule has 1 aliphatic rings. The van der Waals surface area contributed by atoms with E-state index in [2.05, 4.69) is 0 Å². The molecule has 0 bridgehead atoms. The standard InChI is InChI=1S/C15H22N2O3/c16-14(18)15(17,12-6-2-1-3-7-12)11-19-10-13-8-4-5-9-20-13/h1-3,6-7,13H,4-5,8-11,17H2,(H2,16,18). The molecule has 1 heterocycles. The molecule has 20 heavy (non-hydrogen) atoms. The van der Waals surface area contributed by atoms with Gasteiger partial charge in [-0.25, -0.2) is 0 Å². The van der Waals surface area contributed by atoms with E-state index in [9.17, 15) is 4.79 Å². The summed E-state index contributed by atoms with van der Waals surface area (Å²) < 4.78 is 11.2. The Kier molecular flexibility index (Phi) is 5.11. The van der Waals surface area contributed by atoms with Crippen LogP contribution in [0.15, 0.2) is 30.3 Å². The van der Waals surface area contributed by atoms with Crippen molar-refractivity contribution in [2.75, 3.05) is 19.8 Å². The van der Waals surface area contributed by atoms with Crippen LogP contribution in [0.5, 0.6) is 0 Å². The topological polar surface area (TPSA) is 87.6 Å². The third-order valence-electron chi connectivity index (χ3n) is 3.64. The van der Waals surface area contributed by atoms with Gasteiger partial charge in [-0.2, -0.15) is 0 Å². The number of rotatable bonds is 6. The van der Waals surface area contributed by atoms with Crippen LogP contribution >= 0.6 is 0 Å². The van der Waals surface area contributed by atoms with E-state index >= 15 is 0 Å². The van der Waals surface area contributed by atoms with Crippen molar-refractivity contribution < 1.29 is 14.3 Å². The number of ether oxygens (including phenoxy) is 2. The number of benzene rings is 1. The number of carbonyl (C=O) groups excluding carboxylic acids is 1. The van der Waals surface area contributed by atoms with Crippen LogP contribution < -0.4 is 11.5 Å². The smallest absolute Gasteiger partial charge is 0.244 e. The Morgan fingerprint density at radius 1 is 1.35 bits per heavy atom. The lowest BCUT2D eigenvalue weighted by Crippen LogP contribution is -2.53. The molecule has 5 nitrogen and oxygen atoms in total. The SMILES string of the molecule is NC(=O)C(N)(COCC1CCCCO1)c1ccccc1. The summed E-state index contributed by atoms with van der Waals surface area (Å²) in [5.41, 5.74) is 11.0. The second-order valence-corrected chi connectivity index (χ2v) is 5.21. The van der Waals surface area contributed by atoms with Crippen molar-refractivity contribution in [3.8, 4) is 0 Å². The van der Waals surface area contributed by atoms with E-state index in [0.717, 1.165) is 25.9 Å². The fourth-order valence-corrected chi connectivity index (χ4v) is 2.32. The van der Waals surface area contributed by atoms with E-state index < -0.39 is 11.4 Å². The number of primary amides is 1. The fraction of sp³-hybridized carbons (Fsp3) is 0.533. The zero-order chi connectivity index (χ0) is 14.4. The summed E-state index contributed by atoms with van der Waals surface area (Å²) in [6.07, 6.45) is 3.33. The lowest BCUT2D eigenvalue weighted by atomic mass is 9.91. The Morgan fingerprint density at radius 3 is 2.70 bits per heavy atom. The van der Waals surface area contributed by atoms with Gasteiger partial charge in [-0.3, -0.25) is 4.79 Å². The Balaban J connectivity index is 1.94. The number of nitrogens with two attached hydrogens (primary N) is 2. The molecular formula is C15H22N2O3. The Morgan fingerprint density at radius 2 is 2.10 bits per heavy atom. The second kappa shape index (κ2) is 6.83. The molecule has 2 atom stereocenters. The van der Waals surface area contributed by atoms with Gasteiger partial charge in [0.25, 0.3) is 0 Å². The van der Waals surface area contributed by atoms with Gasteiger partial charge < -0.3 is 20.9 Å². The maximum Gasteiger partial charge on any atom is 0.244 e. The van der Waals surface area contributed by atoms with Crippen molar-refractivity contribution in [1.82, 2.24) is 0 Å². The van der Waals surface area contributed by atoms with Crippen molar-refractivity contribution in [3.05, 3.63) is 35.9 Å². The highest BCUT2D eigenvalue weighted by Crippen LogP contribution is 2.19. The zero-order valence-electron chi connectivity index (χ0n) is 11.6.